The molecule has 0 radical (unpaired) electrons. The molecule has 4 rings (SSSR count). The number of nitrogens with one attached hydrogen (secondary N) is 1. The van der Waals surface area contributed by atoms with Gasteiger partial charge in [-0.25, -0.2) is 13.1 Å². The topological polar surface area (TPSA) is 69.7 Å². The van der Waals surface area contributed by atoms with Crippen LogP contribution < -0.4 is 4.72 Å². The first-order chi connectivity index (χ1) is 14.0. The van der Waals surface area contributed by atoms with E-state index in [1.54, 1.807) is 12.1 Å². The minimum Gasteiger partial charge on any atom is -0.336 e. The quantitative estimate of drug-likeness (QED) is 0.761. The largest absolute Gasteiger partial charge is 0.336 e. The van der Waals surface area contributed by atoms with Crippen LogP contribution in [0.1, 0.15) is 40.9 Å². The van der Waals surface area contributed by atoms with Crippen molar-refractivity contribution >= 4 is 27.3 Å². The molecule has 1 aliphatic heterocycles. The smallest absolute Gasteiger partial charge is 0.253 e. The Morgan fingerprint density at radius 3 is 2.52 bits per heavy atom. The lowest BCUT2D eigenvalue weighted by Crippen LogP contribution is -2.51. The monoisotopic (exact) mass is 433 g/mol. The standard InChI is InChI=1S/C21H27N3O3S2/c25-21(24-12-10-23(11-13-24)18-6-1-2-7-18)17-5-3-9-20(15-17)29(26,27)22-16-19-8-4-14-28-19/h3-5,8-9,14-15,18,22H,1-2,6-7,10-13,16H2. The minimum absolute atomic E-state index is 0.0913. The Morgan fingerprint density at radius 2 is 1.83 bits per heavy atom. The maximum atomic E-state index is 12.9. The first-order valence-electron chi connectivity index (χ1n) is 10.2. The molecule has 0 spiro atoms. The number of carbonyl (C=O) groups is 1. The molecule has 6 nitrogen and oxygen atoms in total. The van der Waals surface area contributed by atoms with Crippen LogP contribution in [0.3, 0.4) is 0 Å². The maximum Gasteiger partial charge on any atom is 0.253 e. The van der Waals surface area contributed by atoms with E-state index in [9.17, 15) is 13.2 Å². The highest BCUT2D eigenvalue weighted by Gasteiger charge is 2.28. The summed E-state index contributed by atoms with van der Waals surface area (Å²) in [6.07, 6.45) is 5.16. The summed E-state index contributed by atoms with van der Waals surface area (Å²) in [5.74, 6) is -0.0913. The number of piperazine rings is 1. The van der Waals surface area contributed by atoms with E-state index in [0.717, 1.165) is 18.0 Å². The Balaban J connectivity index is 1.39. The van der Waals surface area contributed by atoms with Crippen molar-refractivity contribution in [1.29, 1.82) is 0 Å². The van der Waals surface area contributed by atoms with Crippen LogP contribution in [0.5, 0.6) is 0 Å². The first kappa shape index (κ1) is 20.5. The van der Waals surface area contributed by atoms with Crippen molar-refractivity contribution in [2.45, 2.75) is 43.2 Å². The van der Waals surface area contributed by atoms with Crippen LogP contribution in [-0.4, -0.2) is 56.3 Å². The van der Waals surface area contributed by atoms with Crippen molar-refractivity contribution in [3.8, 4) is 0 Å². The second-order valence-electron chi connectivity index (χ2n) is 7.70. The summed E-state index contributed by atoms with van der Waals surface area (Å²) in [5.41, 5.74) is 0.429. The van der Waals surface area contributed by atoms with Crippen LogP contribution in [0.2, 0.25) is 0 Å². The average molecular weight is 434 g/mol. The third kappa shape index (κ3) is 4.88. The number of nitrogens with zero attached hydrogens (tertiary/aromatic N) is 2. The summed E-state index contributed by atoms with van der Waals surface area (Å²) in [4.78, 5) is 18.4. The summed E-state index contributed by atoms with van der Waals surface area (Å²) >= 11 is 1.50. The van der Waals surface area contributed by atoms with E-state index >= 15 is 0 Å². The van der Waals surface area contributed by atoms with Crippen molar-refractivity contribution in [2.75, 3.05) is 26.2 Å². The Kier molecular flexibility index (Phi) is 6.34. The van der Waals surface area contributed by atoms with E-state index < -0.39 is 10.0 Å². The number of benzene rings is 1. The van der Waals surface area contributed by atoms with Gasteiger partial charge in [-0.3, -0.25) is 9.69 Å². The van der Waals surface area contributed by atoms with Crippen LogP contribution in [-0.2, 0) is 16.6 Å². The lowest BCUT2D eigenvalue weighted by atomic mass is 10.1. The minimum atomic E-state index is -3.67. The summed E-state index contributed by atoms with van der Waals surface area (Å²) in [6.45, 7) is 3.45. The summed E-state index contributed by atoms with van der Waals surface area (Å²) in [5, 5.41) is 1.91. The lowest BCUT2D eigenvalue weighted by Gasteiger charge is -2.38. The number of amides is 1. The van der Waals surface area contributed by atoms with E-state index in [1.165, 1.54) is 49.2 Å². The zero-order valence-corrected chi connectivity index (χ0v) is 18.1. The van der Waals surface area contributed by atoms with E-state index in [4.69, 9.17) is 0 Å². The van der Waals surface area contributed by atoms with Gasteiger partial charge in [0.05, 0.1) is 4.90 Å². The zero-order chi connectivity index (χ0) is 20.3. The van der Waals surface area contributed by atoms with Gasteiger partial charge >= 0.3 is 0 Å². The number of sulfonamides is 1. The molecule has 2 fully saturated rings. The lowest BCUT2D eigenvalue weighted by molar-refractivity contribution is 0.0573. The molecule has 1 aliphatic carbocycles. The molecule has 156 valence electrons. The number of hydrogen-bond acceptors (Lipinski definition) is 5. The Labute approximate surface area is 176 Å². The molecule has 0 unspecified atom stereocenters. The van der Waals surface area contributed by atoms with Gasteiger partial charge in [0.2, 0.25) is 10.0 Å². The van der Waals surface area contributed by atoms with E-state index in [-0.39, 0.29) is 17.3 Å². The highest BCUT2D eigenvalue weighted by Crippen LogP contribution is 2.24. The molecule has 1 aromatic carbocycles. The predicted molar refractivity (Wildman–Crippen MR) is 115 cm³/mol. The second-order valence-corrected chi connectivity index (χ2v) is 10.5. The molecule has 0 atom stereocenters. The summed E-state index contributed by atoms with van der Waals surface area (Å²) < 4.78 is 27.9. The molecule has 1 saturated heterocycles. The molecular weight excluding hydrogens is 406 g/mol. The third-order valence-electron chi connectivity index (χ3n) is 5.85. The Morgan fingerprint density at radius 1 is 1.07 bits per heavy atom. The van der Waals surface area contributed by atoms with Gasteiger partial charge in [-0.1, -0.05) is 25.0 Å². The highest BCUT2D eigenvalue weighted by atomic mass is 32.2. The van der Waals surface area contributed by atoms with Crippen molar-refractivity contribution in [2.24, 2.45) is 0 Å². The number of thiophene rings is 1. The normalized spacial score (nSPS) is 19.0. The van der Waals surface area contributed by atoms with Crippen molar-refractivity contribution < 1.29 is 13.2 Å². The third-order valence-corrected chi connectivity index (χ3v) is 8.13. The van der Waals surface area contributed by atoms with Crippen LogP contribution in [0.25, 0.3) is 0 Å². The van der Waals surface area contributed by atoms with Gasteiger partial charge in [0.1, 0.15) is 0 Å². The van der Waals surface area contributed by atoms with Gasteiger partial charge in [-0.15, -0.1) is 11.3 Å². The molecule has 2 aliphatic rings. The molecule has 1 N–H and O–H groups in total. The molecule has 1 amide bonds. The molecule has 8 heteroatoms. The van der Waals surface area contributed by atoms with Crippen molar-refractivity contribution in [1.82, 2.24) is 14.5 Å². The van der Waals surface area contributed by atoms with Crippen molar-refractivity contribution in [3.63, 3.8) is 0 Å². The van der Waals surface area contributed by atoms with Crippen molar-refractivity contribution in [3.05, 3.63) is 52.2 Å². The molecule has 1 saturated carbocycles. The Hall–Kier alpha value is -1.74. The van der Waals surface area contributed by atoms with Crippen LogP contribution >= 0.6 is 11.3 Å². The zero-order valence-electron chi connectivity index (χ0n) is 16.4. The molecule has 0 bridgehead atoms. The van der Waals surface area contributed by atoms with Gasteiger partial charge in [0.25, 0.3) is 5.91 Å². The molecular formula is C21H27N3O3S2. The second kappa shape index (κ2) is 8.95. The van der Waals surface area contributed by atoms with E-state index in [2.05, 4.69) is 9.62 Å². The van der Waals surface area contributed by atoms with Gasteiger partial charge in [0.15, 0.2) is 0 Å². The number of rotatable bonds is 6. The van der Waals surface area contributed by atoms with Gasteiger partial charge in [-0.2, -0.15) is 0 Å². The fraction of sp³-hybridized carbons (Fsp3) is 0.476. The first-order valence-corrected chi connectivity index (χ1v) is 12.5. The fourth-order valence-corrected chi connectivity index (χ4v) is 5.99. The van der Waals surface area contributed by atoms with Gasteiger partial charge < -0.3 is 4.90 Å². The fourth-order valence-electron chi connectivity index (χ4n) is 4.20. The summed E-state index contributed by atoms with van der Waals surface area (Å²) in [7, 11) is -3.67. The highest BCUT2D eigenvalue weighted by molar-refractivity contribution is 7.89. The number of hydrogen-bond donors (Lipinski definition) is 1. The summed E-state index contributed by atoms with van der Waals surface area (Å²) in [6, 6.07) is 10.8. The average Bonchev–Trinajstić information content (AvgIpc) is 3.46. The SMILES string of the molecule is O=C(c1cccc(S(=O)(=O)NCc2cccs2)c1)N1CCN(C2CCCC2)CC1. The Bertz CT molecular complexity index is 930. The van der Waals surface area contributed by atoms with Crippen LogP contribution in [0, 0.1) is 0 Å². The molecule has 1 aromatic heterocycles. The predicted octanol–water partition coefficient (Wildman–Crippen LogP) is 2.93. The number of carbonyl (C=O) groups excluding carboxylic acids is 1. The van der Waals surface area contributed by atoms with Gasteiger partial charge in [0, 0.05) is 49.2 Å². The van der Waals surface area contributed by atoms with Crippen LogP contribution in [0.4, 0.5) is 0 Å². The molecule has 29 heavy (non-hydrogen) atoms. The van der Waals surface area contributed by atoms with Gasteiger partial charge in [-0.05, 0) is 42.5 Å². The van der Waals surface area contributed by atoms with Crippen LogP contribution in [0.15, 0.2) is 46.7 Å². The molecule has 2 aromatic rings. The van der Waals surface area contributed by atoms with E-state index in [1.807, 2.05) is 22.4 Å². The van der Waals surface area contributed by atoms with E-state index in [0.29, 0.717) is 24.7 Å². The maximum absolute atomic E-state index is 12.9. The molecule has 2 heterocycles.